The topological polar surface area (TPSA) is 84.0 Å². The van der Waals surface area contributed by atoms with Crippen molar-refractivity contribution in [3.63, 3.8) is 0 Å². The lowest BCUT2D eigenvalue weighted by Gasteiger charge is -2.05. The summed E-state index contributed by atoms with van der Waals surface area (Å²) in [5.74, 6) is -0.0452. The summed E-state index contributed by atoms with van der Waals surface area (Å²) in [6.07, 6.45) is 5.25. The zero-order valence-electron chi connectivity index (χ0n) is 13.0. The second-order valence-corrected chi connectivity index (χ2v) is 5.92. The molecule has 122 valence electrons. The van der Waals surface area contributed by atoms with Gasteiger partial charge in [0.15, 0.2) is 0 Å². The fourth-order valence-electron chi connectivity index (χ4n) is 1.96. The Morgan fingerprint density at radius 3 is 2.65 bits per heavy atom. The summed E-state index contributed by atoms with van der Waals surface area (Å²) < 4.78 is 0. The Balaban J connectivity index is 1.69. The number of amides is 2. The van der Waals surface area contributed by atoms with Gasteiger partial charge in [0.25, 0.3) is 0 Å². The number of carbonyl (C=O) groups is 2. The highest BCUT2D eigenvalue weighted by Crippen LogP contribution is 2.23. The third kappa shape index (κ3) is 6.15. The lowest BCUT2D eigenvalue weighted by molar-refractivity contribution is -0.121. The number of hydrogen-bond donors (Lipinski definition) is 2. The molecular weight excluding hydrogens is 312 g/mol. The quantitative estimate of drug-likeness (QED) is 0.722. The Kier molecular flexibility index (Phi) is 6.68. The minimum absolute atomic E-state index is 0.00582. The molecule has 0 aliphatic carbocycles. The Labute approximate surface area is 139 Å². The molecule has 2 aromatic heterocycles. The van der Waals surface area contributed by atoms with E-state index in [1.807, 2.05) is 17.5 Å². The van der Waals surface area contributed by atoms with Gasteiger partial charge in [-0.1, -0.05) is 0 Å². The maximum absolute atomic E-state index is 11.8. The summed E-state index contributed by atoms with van der Waals surface area (Å²) in [5, 5.41) is 8.46. The molecule has 0 aromatic carbocycles. The van der Waals surface area contributed by atoms with E-state index in [1.165, 1.54) is 6.92 Å². The van der Waals surface area contributed by atoms with E-state index >= 15 is 0 Å². The lowest BCUT2D eigenvalue weighted by atomic mass is 10.2. The van der Waals surface area contributed by atoms with Gasteiger partial charge in [-0.05, 0) is 25.0 Å². The Morgan fingerprint density at radius 1 is 1.17 bits per heavy atom. The van der Waals surface area contributed by atoms with Crippen LogP contribution >= 0.6 is 11.3 Å². The zero-order chi connectivity index (χ0) is 16.5. The number of nitrogens with one attached hydrogen (secondary N) is 2. The molecule has 0 saturated carbocycles. The molecule has 0 aliphatic rings. The van der Waals surface area contributed by atoms with E-state index in [-0.39, 0.29) is 11.8 Å². The van der Waals surface area contributed by atoms with Crippen LogP contribution < -0.4 is 10.6 Å². The number of thiazole rings is 1. The normalized spacial score (nSPS) is 10.3. The number of hydrogen-bond acceptors (Lipinski definition) is 5. The van der Waals surface area contributed by atoms with Crippen LogP contribution in [0.2, 0.25) is 0 Å². The second kappa shape index (κ2) is 8.99. The molecule has 0 aliphatic heterocycles. The second-order valence-electron chi connectivity index (χ2n) is 5.07. The minimum atomic E-state index is -0.0511. The largest absolute Gasteiger partial charge is 0.356 e. The molecule has 2 aromatic rings. The molecule has 0 fully saturated rings. The number of nitrogens with zero attached hydrogens (tertiary/aromatic N) is 2. The van der Waals surface area contributed by atoms with Crippen molar-refractivity contribution in [2.75, 3.05) is 13.1 Å². The van der Waals surface area contributed by atoms with Gasteiger partial charge >= 0.3 is 0 Å². The highest BCUT2D eigenvalue weighted by Gasteiger charge is 2.07. The maximum atomic E-state index is 11.8. The molecule has 7 heteroatoms. The number of aryl methyl sites for hydroxylation is 1. The molecule has 23 heavy (non-hydrogen) atoms. The van der Waals surface area contributed by atoms with Crippen LogP contribution in [0.25, 0.3) is 10.6 Å². The van der Waals surface area contributed by atoms with E-state index in [4.69, 9.17) is 0 Å². The number of pyridine rings is 1. The van der Waals surface area contributed by atoms with E-state index in [9.17, 15) is 9.59 Å². The zero-order valence-corrected chi connectivity index (χ0v) is 13.9. The van der Waals surface area contributed by atoms with Crippen molar-refractivity contribution in [1.29, 1.82) is 0 Å². The van der Waals surface area contributed by atoms with Gasteiger partial charge < -0.3 is 10.6 Å². The minimum Gasteiger partial charge on any atom is -0.356 e. The van der Waals surface area contributed by atoms with Crippen LogP contribution in [0.5, 0.6) is 0 Å². The van der Waals surface area contributed by atoms with Crippen molar-refractivity contribution in [3.8, 4) is 10.6 Å². The van der Waals surface area contributed by atoms with Crippen molar-refractivity contribution in [3.05, 3.63) is 35.6 Å². The van der Waals surface area contributed by atoms with Crippen molar-refractivity contribution >= 4 is 23.2 Å². The van der Waals surface area contributed by atoms with Crippen LogP contribution in [0.15, 0.2) is 29.9 Å². The molecule has 0 atom stereocenters. The predicted molar refractivity (Wildman–Crippen MR) is 90.0 cm³/mol. The van der Waals surface area contributed by atoms with Crippen LogP contribution in [0, 0.1) is 0 Å². The number of aromatic nitrogens is 2. The number of carbonyl (C=O) groups excluding carboxylic acids is 2. The predicted octanol–water partition coefficient (Wildman–Crippen LogP) is 1.78. The van der Waals surface area contributed by atoms with Crippen LogP contribution in [0.3, 0.4) is 0 Å². The summed E-state index contributed by atoms with van der Waals surface area (Å²) in [5.41, 5.74) is 1.97. The fraction of sp³-hybridized carbons (Fsp3) is 0.375. The third-order valence-corrected chi connectivity index (χ3v) is 4.08. The van der Waals surface area contributed by atoms with Crippen molar-refractivity contribution in [2.24, 2.45) is 0 Å². The van der Waals surface area contributed by atoms with E-state index in [0.29, 0.717) is 25.9 Å². The molecule has 0 unspecified atom stereocenters. The average Bonchev–Trinajstić information content (AvgIpc) is 3.02. The maximum Gasteiger partial charge on any atom is 0.220 e. The standard InChI is InChI=1S/C16H20N4O2S/c1-12(21)18-7-2-8-19-15(22)4-3-14-11-23-16(20-14)13-5-9-17-10-6-13/h5-6,9-11H,2-4,7-8H2,1H3,(H,18,21)(H,19,22). The SMILES string of the molecule is CC(=O)NCCCNC(=O)CCc1csc(-c2ccncc2)n1. The first-order valence-corrected chi connectivity index (χ1v) is 8.39. The first kappa shape index (κ1) is 17.1. The summed E-state index contributed by atoms with van der Waals surface area (Å²) >= 11 is 1.57. The van der Waals surface area contributed by atoms with Gasteiger partial charge in [0.2, 0.25) is 11.8 Å². The molecule has 0 spiro atoms. The summed E-state index contributed by atoms with van der Waals surface area (Å²) in [4.78, 5) is 31.0. The smallest absolute Gasteiger partial charge is 0.220 e. The van der Waals surface area contributed by atoms with Crippen LogP contribution in [-0.2, 0) is 16.0 Å². The van der Waals surface area contributed by atoms with E-state index in [1.54, 1.807) is 23.7 Å². The highest BCUT2D eigenvalue weighted by molar-refractivity contribution is 7.13. The highest BCUT2D eigenvalue weighted by atomic mass is 32.1. The van der Waals surface area contributed by atoms with E-state index in [2.05, 4.69) is 20.6 Å². The molecule has 0 radical (unpaired) electrons. The molecule has 0 bridgehead atoms. The Bertz CT molecular complexity index is 643. The van der Waals surface area contributed by atoms with Gasteiger partial charge in [0.1, 0.15) is 5.01 Å². The summed E-state index contributed by atoms with van der Waals surface area (Å²) in [6, 6.07) is 3.84. The molecule has 6 nitrogen and oxygen atoms in total. The average molecular weight is 332 g/mol. The van der Waals surface area contributed by atoms with Crippen molar-refractivity contribution in [1.82, 2.24) is 20.6 Å². The molecular formula is C16H20N4O2S. The first-order chi connectivity index (χ1) is 11.1. The lowest BCUT2D eigenvalue weighted by Crippen LogP contribution is -2.28. The van der Waals surface area contributed by atoms with Gasteiger partial charge in [-0.2, -0.15) is 0 Å². The Morgan fingerprint density at radius 2 is 1.91 bits per heavy atom. The van der Waals surface area contributed by atoms with Gasteiger partial charge in [0, 0.05) is 49.8 Å². The summed E-state index contributed by atoms with van der Waals surface area (Å²) in [7, 11) is 0. The van der Waals surface area contributed by atoms with Gasteiger partial charge in [0.05, 0.1) is 5.69 Å². The van der Waals surface area contributed by atoms with Crippen LogP contribution in [-0.4, -0.2) is 34.9 Å². The van der Waals surface area contributed by atoms with Gasteiger partial charge in [-0.15, -0.1) is 11.3 Å². The molecule has 2 amide bonds. The molecule has 0 saturated heterocycles. The fourth-order valence-corrected chi connectivity index (χ4v) is 2.82. The first-order valence-electron chi connectivity index (χ1n) is 7.51. The van der Waals surface area contributed by atoms with Gasteiger partial charge in [-0.3, -0.25) is 14.6 Å². The molecule has 2 N–H and O–H groups in total. The molecule has 2 rings (SSSR count). The van der Waals surface area contributed by atoms with Crippen molar-refractivity contribution < 1.29 is 9.59 Å². The summed E-state index contributed by atoms with van der Waals surface area (Å²) in [6.45, 7) is 2.63. The monoisotopic (exact) mass is 332 g/mol. The van der Waals surface area contributed by atoms with E-state index < -0.39 is 0 Å². The van der Waals surface area contributed by atoms with E-state index in [0.717, 1.165) is 22.7 Å². The van der Waals surface area contributed by atoms with Crippen LogP contribution in [0.1, 0.15) is 25.5 Å². The Hall–Kier alpha value is -2.28. The number of rotatable bonds is 8. The van der Waals surface area contributed by atoms with Crippen molar-refractivity contribution in [2.45, 2.75) is 26.2 Å². The van der Waals surface area contributed by atoms with Gasteiger partial charge in [-0.25, -0.2) is 4.98 Å². The van der Waals surface area contributed by atoms with Crippen LogP contribution in [0.4, 0.5) is 0 Å². The third-order valence-electron chi connectivity index (χ3n) is 3.14. The molecule has 2 heterocycles.